The Hall–Kier alpha value is -1.17. The van der Waals surface area contributed by atoms with Crippen LogP contribution in [0.4, 0.5) is 13.2 Å². The van der Waals surface area contributed by atoms with E-state index in [4.69, 9.17) is 0 Å². The first-order valence-electron chi connectivity index (χ1n) is 8.51. The van der Waals surface area contributed by atoms with Crippen LogP contribution in [0, 0.1) is 0 Å². The van der Waals surface area contributed by atoms with Gasteiger partial charge in [-0.2, -0.15) is 13.2 Å². The van der Waals surface area contributed by atoms with Crippen LogP contribution in [0.25, 0.3) is 0 Å². The molecule has 1 amide bonds. The molecule has 1 aliphatic heterocycles. The molecule has 1 aromatic carbocycles. The third kappa shape index (κ3) is 5.16. The molecule has 24 heavy (non-hydrogen) atoms. The summed E-state index contributed by atoms with van der Waals surface area (Å²) in [4.78, 5) is 14.2. The molecule has 1 fully saturated rings. The second-order valence-electron chi connectivity index (χ2n) is 6.09. The smallest absolute Gasteiger partial charge is 0.326 e. The summed E-state index contributed by atoms with van der Waals surface area (Å²) >= 11 is 1.62. The van der Waals surface area contributed by atoms with Gasteiger partial charge in [-0.15, -0.1) is 11.8 Å². The molecule has 0 bridgehead atoms. The average Bonchev–Trinajstić information content (AvgIpc) is 3.03. The molecular formula is C18H24F3NOS. The lowest BCUT2D eigenvalue weighted by atomic mass is 10.1. The summed E-state index contributed by atoms with van der Waals surface area (Å²) in [7, 11) is 0. The summed E-state index contributed by atoms with van der Waals surface area (Å²) < 4.78 is 38.0. The fraction of sp³-hybridized carbons (Fsp3) is 0.611. The molecule has 6 heteroatoms. The molecule has 0 spiro atoms. The summed E-state index contributed by atoms with van der Waals surface area (Å²) in [6.07, 6.45) is 1.68. The Morgan fingerprint density at radius 3 is 2.46 bits per heavy atom. The van der Waals surface area contributed by atoms with Crippen molar-refractivity contribution in [2.75, 3.05) is 12.3 Å². The minimum Gasteiger partial charge on any atom is -0.326 e. The van der Waals surface area contributed by atoms with Gasteiger partial charge in [0.05, 0.1) is 5.56 Å². The van der Waals surface area contributed by atoms with E-state index >= 15 is 0 Å². The fourth-order valence-corrected chi connectivity index (χ4v) is 4.14. The predicted octanol–water partition coefficient (Wildman–Crippen LogP) is 5.64. The number of benzene rings is 1. The molecule has 1 saturated heterocycles. The van der Waals surface area contributed by atoms with Crippen LogP contribution in [0.1, 0.15) is 61.9 Å². The molecule has 2 rings (SSSR count). The number of amides is 1. The van der Waals surface area contributed by atoms with Crippen LogP contribution in [-0.4, -0.2) is 23.1 Å². The minimum absolute atomic E-state index is 0.112. The van der Waals surface area contributed by atoms with Crippen LogP contribution < -0.4 is 0 Å². The van der Waals surface area contributed by atoms with Gasteiger partial charge >= 0.3 is 6.18 Å². The van der Waals surface area contributed by atoms with E-state index in [9.17, 15) is 18.0 Å². The molecule has 134 valence electrons. The van der Waals surface area contributed by atoms with Crippen molar-refractivity contribution in [1.82, 2.24) is 4.90 Å². The van der Waals surface area contributed by atoms with E-state index in [1.807, 2.05) is 4.90 Å². The van der Waals surface area contributed by atoms with Crippen LogP contribution >= 0.6 is 11.8 Å². The molecule has 1 aromatic rings. The van der Waals surface area contributed by atoms with Crippen molar-refractivity contribution in [2.45, 2.75) is 57.0 Å². The van der Waals surface area contributed by atoms with Crippen LogP contribution in [0.3, 0.4) is 0 Å². The van der Waals surface area contributed by atoms with Crippen LogP contribution in [0.2, 0.25) is 0 Å². The number of hydrogen-bond donors (Lipinski definition) is 0. The fourth-order valence-electron chi connectivity index (χ4n) is 2.86. The van der Waals surface area contributed by atoms with Crippen molar-refractivity contribution in [3.8, 4) is 0 Å². The van der Waals surface area contributed by atoms with Gasteiger partial charge in [0, 0.05) is 18.7 Å². The Labute approximate surface area is 145 Å². The first-order valence-corrected chi connectivity index (χ1v) is 9.56. The predicted molar refractivity (Wildman–Crippen MR) is 91.7 cm³/mol. The molecule has 1 unspecified atom stereocenters. The van der Waals surface area contributed by atoms with E-state index in [0.29, 0.717) is 13.0 Å². The highest BCUT2D eigenvalue weighted by Gasteiger charge is 2.33. The number of alkyl halides is 3. The van der Waals surface area contributed by atoms with Gasteiger partial charge in [0.1, 0.15) is 5.37 Å². The lowest BCUT2D eigenvalue weighted by Crippen LogP contribution is -2.30. The number of thioether (sulfide) groups is 1. The van der Waals surface area contributed by atoms with E-state index in [1.54, 1.807) is 11.8 Å². The van der Waals surface area contributed by atoms with Crippen LogP contribution in [0.15, 0.2) is 24.3 Å². The van der Waals surface area contributed by atoms with Crippen LogP contribution in [-0.2, 0) is 11.0 Å². The number of unbranched alkanes of at least 4 members (excludes halogenated alkanes) is 4. The van der Waals surface area contributed by atoms with E-state index in [-0.39, 0.29) is 11.3 Å². The zero-order valence-corrected chi connectivity index (χ0v) is 14.8. The highest BCUT2D eigenvalue weighted by molar-refractivity contribution is 7.99. The quantitative estimate of drug-likeness (QED) is 0.587. The van der Waals surface area contributed by atoms with Gasteiger partial charge in [-0.3, -0.25) is 4.79 Å². The standard InChI is InChI=1S/C18H24F3NOS/c1-2-3-4-5-6-7-16(23)22-12-13-24-17(22)14-8-10-15(11-9-14)18(19,20)21/h8-11,17H,2-7,12-13H2,1H3. The Morgan fingerprint density at radius 2 is 1.83 bits per heavy atom. The number of rotatable bonds is 7. The Balaban J connectivity index is 1.93. The second-order valence-corrected chi connectivity index (χ2v) is 7.28. The molecule has 1 aliphatic rings. The highest BCUT2D eigenvalue weighted by atomic mass is 32.2. The number of nitrogens with zero attached hydrogens (tertiary/aromatic N) is 1. The van der Waals surface area contributed by atoms with E-state index in [0.717, 1.165) is 42.7 Å². The van der Waals surface area contributed by atoms with Gasteiger partial charge in [0.15, 0.2) is 0 Å². The number of carbonyl (C=O) groups excluding carboxylic acids is 1. The summed E-state index contributed by atoms with van der Waals surface area (Å²) in [5, 5.41) is -0.157. The molecule has 0 aliphatic carbocycles. The van der Waals surface area contributed by atoms with Crippen molar-refractivity contribution in [1.29, 1.82) is 0 Å². The Bertz CT molecular complexity index is 530. The molecule has 2 nitrogen and oxygen atoms in total. The number of hydrogen-bond acceptors (Lipinski definition) is 2. The normalized spacial score (nSPS) is 18.2. The molecule has 0 N–H and O–H groups in total. The molecular weight excluding hydrogens is 335 g/mol. The summed E-state index contributed by atoms with van der Waals surface area (Å²) in [5.74, 6) is 0.939. The largest absolute Gasteiger partial charge is 0.416 e. The first-order chi connectivity index (χ1) is 11.4. The average molecular weight is 359 g/mol. The number of halogens is 3. The molecule has 0 aromatic heterocycles. The maximum absolute atomic E-state index is 12.7. The Kier molecular flexibility index (Phi) is 7.02. The van der Waals surface area contributed by atoms with E-state index < -0.39 is 11.7 Å². The van der Waals surface area contributed by atoms with E-state index in [2.05, 4.69) is 6.92 Å². The third-order valence-corrected chi connectivity index (χ3v) is 5.49. The van der Waals surface area contributed by atoms with E-state index in [1.165, 1.54) is 25.0 Å². The van der Waals surface area contributed by atoms with Crippen LogP contribution in [0.5, 0.6) is 0 Å². The van der Waals surface area contributed by atoms with Gasteiger partial charge in [0.25, 0.3) is 0 Å². The lowest BCUT2D eigenvalue weighted by Gasteiger charge is -2.24. The van der Waals surface area contributed by atoms with Crippen molar-refractivity contribution in [2.24, 2.45) is 0 Å². The number of carbonyl (C=O) groups is 1. The maximum atomic E-state index is 12.7. The maximum Gasteiger partial charge on any atom is 0.416 e. The lowest BCUT2D eigenvalue weighted by molar-refractivity contribution is -0.137. The van der Waals surface area contributed by atoms with Gasteiger partial charge in [0.2, 0.25) is 5.91 Å². The third-order valence-electron chi connectivity index (χ3n) is 4.23. The molecule has 0 radical (unpaired) electrons. The molecule has 1 atom stereocenters. The summed E-state index contributed by atoms with van der Waals surface area (Å²) in [5.41, 5.74) is 0.118. The van der Waals surface area contributed by atoms with Gasteiger partial charge in [-0.05, 0) is 24.1 Å². The van der Waals surface area contributed by atoms with Gasteiger partial charge in [-0.1, -0.05) is 44.7 Å². The van der Waals surface area contributed by atoms with Crippen molar-refractivity contribution in [3.63, 3.8) is 0 Å². The molecule has 1 heterocycles. The SMILES string of the molecule is CCCCCCCC(=O)N1CCSC1c1ccc(C(F)(F)F)cc1. The highest BCUT2D eigenvalue weighted by Crippen LogP contribution is 2.39. The summed E-state index contributed by atoms with van der Waals surface area (Å²) in [6, 6.07) is 5.18. The monoisotopic (exact) mass is 359 g/mol. The van der Waals surface area contributed by atoms with Gasteiger partial charge in [-0.25, -0.2) is 0 Å². The van der Waals surface area contributed by atoms with Gasteiger partial charge < -0.3 is 4.90 Å². The molecule has 0 saturated carbocycles. The topological polar surface area (TPSA) is 20.3 Å². The minimum atomic E-state index is -4.32. The van der Waals surface area contributed by atoms with Crippen molar-refractivity contribution < 1.29 is 18.0 Å². The summed E-state index contributed by atoms with van der Waals surface area (Å²) in [6.45, 7) is 2.82. The zero-order chi connectivity index (χ0) is 17.6. The van der Waals surface area contributed by atoms with Crippen molar-refractivity contribution >= 4 is 17.7 Å². The van der Waals surface area contributed by atoms with Crippen molar-refractivity contribution in [3.05, 3.63) is 35.4 Å². The zero-order valence-electron chi connectivity index (χ0n) is 13.9. The Morgan fingerprint density at radius 1 is 1.17 bits per heavy atom. The second kappa shape index (κ2) is 8.79. The first kappa shape index (κ1) is 19.2.